The van der Waals surface area contributed by atoms with Gasteiger partial charge in [0, 0.05) is 16.9 Å². The van der Waals surface area contributed by atoms with Gasteiger partial charge >= 0.3 is 0 Å². The minimum atomic E-state index is -3.96. The standard InChI is InChI=1S/C16H15BrN2O4S/c1-23-15-4-2-3-12-13(15)5-6-14(12)16(20)19-24(21,22)11-7-10(17)8-18-9-11/h2-4,7-9,14H,5-6H2,1H3,(H,19,20). The van der Waals surface area contributed by atoms with Crippen LogP contribution in [0.4, 0.5) is 0 Å². The second kappa shape index (κ2) is 6.52. The molecule has 1 unspecified atom stereocenters. The van der Waals surface area contributed by atoms with E-state index in [2.05, 4.69) is 25.6 Å². The molecule has 1 aliphatic rings. The summed E-state index contributed by atoms with van der Waals surface area (Å²) in [5, 5.41) is 0. The predicted molar refractivity (Wildman–Crippen MR) is 91.3 cm³/mol. The number of nitrogens with one attached hydrogen (secondary N) is 1. The van der Waals surface area contributed by atoms with Crippen molar-refractivity contribution in [1.29, 1.82) is 0 Å². The van der Waals surface area contributed by atoms with Gasteiger partial charge < -0.3 is 4.74 Å². The third-order valence-electron chi connectivity index (χ3n) is 3.99. The van der Waals surface area contributed by atoms with Gasteiger partial charge in [-0.2, -0.15) is 0 Å². The van der Waals surface area contributed by atoms with E-state index in [1.807, 2.05) is 12.1 Å². The maximum absolute atomic E-state index is 12.5. The Hall–Kier alpha value is -1.93. The van der Waals surface area contributed by atoms with Crippen LogP contribution in [0.25, 0.3) is 0 Å². The van der Waals surface area contributed by atoms with Crippen LogP contribution in [0.3, 0.4) is 0 Å². The molecule has 3 rings (SSSR count). The number of hydrogen-bond acceptors (Lipinski definition) is 5. The first-order valence-corrected chi connectivity index (χ1v) is 9.53. The maximum Gasteiger partial charge on any atom is 0.265 e. The monoisotopic (exact) mass is 410 g/mol. The molecule has 0 fully saturated rings. The van der Waals surface area contributed by atoms with E-state index in [9.17, 15) is 13.2 Å². The van der Waals surface area contributed by atoms with Gasteiger partial charge in [-0.3, -0.25) is 9.78 Å². The van der Waals surface area contributed by atoms with Crippen molar-refractivity contribution >= 4 is 31.9 Å². The molecule has 8 heteroatoms. The zero-order valence-electron chi connectivity index (χ0n) is 12.8. The Morgan fingerprint density at radius 1 is 1.38 bits per heavy atom. The van der Waals surface area contributed by atoms with Crippen molar-refractivity contribution in [2.45, 2.75) is 23.7 Å². The number of fused-ring (bicyclic) bond motifs is 1. The zero-order valence-corrected chi connectivity index (χ0v) is 15.2. The fraction of sp³-hybridized carbons (Fsp3) is 0.250. The highest BCUT2D eigenvalue weighted by Gasteiger charge is 2.33. The lowest BCUT2D eigenvalue weighted by Crippen LogP contribution is -2.34. The predicted octanol–water partition coefficient (Wildman–Crippen LogP) is 2.39. The normalized spacial score (nSPS) is 16.5. The fourth-order valence-electron chi connectivity index (χ4n) is 2.89. The number of benzene rings is 1. The Morgan fingerprint density at radius 2 is 2.17 bits per heavy atom. The van der Waals surface area contributed by atoms with E-state index in [-0.39, 0.29) is 4.90 Å². The van der Waals surface area contributed by atoms with E-state index in [0.29, 0.717) is 17.3 Å². The molecule has 0 aliphatic heterocycles. The Kier molecular flexibility index (Phi) is 4.60. The number of ether oxygens (including phenoxy) is 1. The van der Waals surface area contributed by atoms with Crippen LogP contribution in [0.15, 0.2) is 46.0 Å². The number of rotatable bonds is 4. The van der Waals surface area contributed by atoms with Gasteiger partial charge in [-0.15, -0.1) is 0 Å². The van der Waals surface area contributed by atoms with Gasteiger partial charge in [-0.25, -0.2) is 13.1 Å². The molecule has 126 valence electrons. The lowest BCUT2D eigenvalue weighted by molar-refractivity contribution is -0.120. The summed E-state index contributed by atoms with van der Waals surface area (Å²) in [5.41, 5.74) is 1.77. The van der Waals surface area contributed by atoms with Gasteiger partial charge in [0.15, 0.2) is 0 Å². The van der Waals surface area contributed by atoms with Crippen LogP contribution >= 0.6 is 15.9 Å². The first kappa shape index (κ1) is 16.9. The molecule has 2 aromatic rings. The smallest absolute Gasteiger partial charge is 0.265 e. The van der Waals surface area contributed by atoms with Crippen molar-refractivity contribution in [2.24, 2.45) is 0 Å². The van der Waals surface area contributed by atoms with Crippen LogP contribution < -0.4 is 9.46 Å². The van der Waals surface area contributed by atoms with E-state index in [4.69, 9.17) is 4.74 Å². The molecule has 0 radical (unpaired) electrons. The quantitative estimate of drug-likeness (QED) is 0.835. The Balaban J connectivity index is 1.85. The third-order valence-corrected chi connectivity index (χ3v) is 5.74. The largest absolute Gasteiger partial charge is 0.496 e. The molecule has 1 heterocycles. The summed E-state index contributed by atoms with van der Waals surface area (Å²) in [6, 6.07) is 6.87. The minimum Gasteiger partial charge on any atom is -0.496 e. The first-order valence-electron chi connectivity index (χ1n) is 7.25. The number of pyridine rings is 1. The molecule has 1 N–H and O–H groups in total. The molecule has 0 bridgehead atoms. The minimum absolute atomic E-state index is 0.0610. The van der Waals surface area contributed by atoms with Crippen LogP contribution in [0.5, 0.6) is 5.75 Å². The molecule has 1 aliphatic carbocycles. The number of methoxy groups -OCH3 is 1. The summed E-state index contributed by atoms with van der Waals surface area (Å²) in [5.74, 6) is -0.325. The van der Waals surface area contributed by atoms with E-state index in [1.54, 1.807) is 13.2 Å². The SMILES string of the molecule is COc1cccc2c1CCC2C(=O)NS(=O)(=O)c1cncc(Br)c1. The van der Waals surface area contributed by atoms with Crippen molar-refractivity contribution in [1.82, 2.24) is 9.71 Å². The summed E-state index contributed by atoms with van der Waals surface area (Å²) in [7, 11) is -2.38. The van der Waals surface area contributed by atoms with Crippen LogP contribution in [0, 0.1) is 0 Å². The molecule has 1 amide bonds. The molecule has 0 saturated heterocycles. The average molecular weight is 411 g/mol. The number of hydrogen-bond donors (Lipinski definition) is 1. The number of sulfonamides is 1. The second-order valence-corrected chi connectivity index (χ2v) is 8.03. The van der Waals surface area contributed by atoms with Crippen LogP contribution in [0.2, 0.25) is 0 Å². The van der Waals surface area contributed by atoms with Crippen molar-refractivity contribution < 1.29 is 17.9 Å². The molecular formula is C16H15BrN2O4S. The maximum atomic E-state index is 12.5. The lowest BCUT2D eigenvalue weighted by atomic mass is 10.0. The fourth-order valence-corrected chi connectivity index (χ4v) is 4.41. The molecule has 0 spiro atoms. The van der Waals surface area contributed by atoms with Crippen molar-refractivity contribution in [3.05, 3.63) is 52.3 Å². The van der Waals surface area contributed by atoms with Crippen molar-refractivity contribution in [3.8, 4) is 5.75 Å². The molecule has 0 saturated carbocycles. The molecule has 1 atom stereocenters. The van der Waals surface area contributed by atoms with Crippen molar-refractivity contribution in [3.63, 3.8) is 0 Å². The highest BCUT2D eigenvalue weighted by Crippen LogP contribution is 2.38. The summed E-state index contributed by atoms with van der Waals surface area (Å²) in [6.45, 7) is 0. The van der Waals surface area contributed by atoms with Gasteiger partial charge in [-0.05, 0) is 52.0 Å². The summed E-state index contributed by atoms with van der Waals surface area (Å²) >= 11 is 3.17. The third kappa shape index (κ3) is 3.16. The molecular weight excluding hydrogens is 396 g/mol. The number of carbonyl (C=O) groups is 1. The van der Waals surface area contributed by atoms with E-state index in [1.165, 1.54) is 18.5 Å². The van der Waals surface area contributed by atoms with E-state index < -0.39 is 21.8 Å². The highest BCUT2D eigenvalue weighted by atomic mass is 79.9. The Morgan fingerprint density at radius 3 is 2.88 bits per heavy atom. The lowest BCUT2D eigenvalue weighted by Gasteiger charge is -2.13. The summed E-state index contributed by atoms with van der Waals surface area (Å²) in [4.78, 5) is 16.3. The van der Waals surface area contributed by atoms with Gasteiger partial charge in [0.2, 0.25) is 5.91 Å². The molecule has 1 aromatic carbocycles. The first-order chi connectivity index (χ1) is 11.4. The van der Waals surface area contributed by atoms with E-state index >= 15 is 0 Å². The highest BCUT2D eigenvalue weighted by molar-refractivity contribution is 9.10. The number of aromatic nitrogens is 1. The van der Waals surface area contributed by atoms with Gasteiger partial charge in [-0.1, -0.05) is 12.1 Å². The molecule has 1 aromatic heterocycles. The zero-order chi connectivity index (χ0) is 17.3. The summed E-state index contributed by atoms with van der Waals surface area (Å²) < 4.78 is 32.7. The molecule has 24 heavy (non-hydrogen) atoms. The Labute approximate surface area is 148 Å². The van der Waals surface area contributed by atoms with Gasteiger partial charge in [0.1, 0.15) is 10.6 Å². The number of nitrogens with zero attached hydrogens (tertiary/aromatic N) is 1. The number of amides is 1. The second-order valence-electron chi connectivity index (χ2n) is 5.43. The summed E-state index contributed by atoms with van der Waals surface area (Å²) in [6.07, 6.45) is 3.90. The number of halogens is 1. The van der Waals surface area contributed by atoms with Crippen LogP contribution in [-0.4, -0.2) is 26.4 Å². The van der Waals surface area contributed by atoms with Crippen molar-refractivity contribution in [2.75, 3.05) is 7.11 Å². The average Bonchev–Trinajstić information content (AvgIpc) is 2.98. The van der Waals surface area contributed by atoms with Gasteiger partial charge in [0.05, 0.1) is 13.0 Å². The molecule has 6 nitrogen and oxygen atoms in total. The van der Waals surface area contributed by atoms with E-state index in [0.717, 1.165) is 16.9 Å². The van der Waals surface area contributed by atoms with Crippen LogP contribution in [0.1, 0.15) is 23.5 Å². The number of carbonyl (C=O) groups excluding carboxylic acids is 1. The topological polar surface area (TPSA) is 85.4 Å². The van der Waals surface area contributed by atoms with Gasteiger partial charge in [0.25, 0.3) is 10.0 Å². The Bertz CT molecular complexity index is 899. The van der Waals surface area contributed by atoms with Crippen LogP contribution in [-0.2, 0) is 21.2 Å².